The van der Waals surface area contributed by atoms with Gasteiger partial charge in [0.05, 0.1) is 0 Å². The molecule has 0 fully saturated rings. The minimum absolute atomic E-state index is 0.0369. The molecule has 0 saturated heterocycles. The quantitative estimate of drug-likeness (QED) is 0.357. The Morgan fingerprint density at radius 1 is 0.966 bits per heavy atom. The number of esters is 2. The van der Waals surface area contributed by atoms with Crippen LogP contribution in [0.1, 0.15) is 76.7 Å². The van der Waals surface area contributed by atoms with E-state index in [2.05, 4.69) is 23.7 Å². The van der Waals surface area contributed by atoms with Crippen LogP contribution in [0.5, 0.6) is 0 Å². The van der Waals surface area contributed by atoms with E-state index < -0.39 is 17.5 Å². The van der Waals surface area contributed by atoms with Gasteiger partial charge in [0.25, 0.3) is 0 Å². The van der Waals surface area contributed by atoms with E-state index in [1.165, 1.54) is 63.3 Å². The van der Waals surface area contributed by atoms with Crippen LogP contribution in [-0.2, 0) is 36.7 Å². The van der Waals surface area contributed by atoms with Crippen LogP contribution in [0.2, 0.25) is 0 Å². The van der Waals surface area contributed by atoms with Gasteiger partial charge in [-0.1, -0.05) is 32.6 Å². The number of nitrogens with one attached hydrogen (secondary N) is 1. The third-order valence-electron chi connectivity index (χ3n) is 4.67. The van der Waals surface area contributed by atoms with Gasteiger partial charge in [-0.05, 0) is 42.7 Å². The third kappa shape index (κ3) is 11.0. The van der Waals surface area contributed by atoms with Gasteiger partial charge in [0.2, 0.25) is 5.91 Å². The average Bonchev–Trinajstić information content (AvgIpc) is 3.10. The van der Waals surface area contributed by atoms with Gasteiger partial charge in [-0.15, -0.1) is 11.3 Å². The molecule has 1 rings (SSSR count). The fraction of sp³-hybridized carbons (Fsp3) is 0.682. The third-order valence-corrected chi connectivity index (χ3v) is 5.72. The fourth-order valence-corrected chi connectivity index (χ4v) is 4.09. The summed E-state index contributed by atoms with van der Waals surface area (Å²) in [7, 11) is 0. The Hall–Kier alpha value is -1.89. The number of rotatable bonds is 14. The van der Waals surface area contributed by atoms with Gasteiger partial charge < -0.3 is 14.8 Å². The standard InChI is InChI=1S/C22H35NO5S/c1-5-6-7-8-9-10-20-13-21(29-14-20)11-12-22(23-17(2)24,15-27-18(3)25)16-28-19(4)26/h13-14H,5-12,15-16H2,1-4H3,(H,23,24). The Balaban J connectivity index is 2.72. The second-order valence-corrected chi connectivity index (χ2v) is 8.60. The van der Waals surface area contributed by atoms with Gasteiger partial charge in [0, 0.05) is 25.6 Å². The SMILES string of the molecule is CCCCCCCc1csc(CCC(COC(C)=O)(COC(C)=O)NC(C)=O)c1. The van der Waals surface area contributed by atoms with Crippen molar-refractivity contribution in [3.8, 4) is 0 Å². The minimum Gasteiger partial charge on any atom is -0.463 e. The van der Waals surface area contributed by atoms with Crippen molar-refractivity contribution in [3.63, 3.8) is 0 Å². The number of amides is 1. The molecule has 0 saturated carbocycles. The predicted octanol–water partition coefficient (Wildman–Crippen LogP) is 4.19. The first kappa shape index (κ1) is 25.1. The highest BCUT2D eigenvalue weighted by Crippen LogP contribution is 2.23. The molecule has 1 heterocycles. The van der Waals surface area contributed by atoms with Crippen LogP contribution in [-0.4, -0.2) is 36.6 Å². The predicted molar refractivity (Wildman–Crippen MR) is 115 cm³/mol. The number of unbranched alkanes of at least 4 members (excludes halogenated alkanes) is 4. The molecular formula is C22H35NO5S. The highest BCUT2D eigenvalue weighted by atomic mass is 32.1. The molecule has 6 nitrogen and oxygen atoms in total. The van der Waals surface area contributed by atoms with Crippen LogP contribution in [0, 0.1) is 0 Å². The largest absolute Gasteiger partial charge is 0.463 e. The van der Waals surface area contributed by atoms with E-state index in [1.807, 2.05) is 0 Å². The number of thiophene rings is 1. The van der Waals surface area contributed by atoms with Crippen LogP contribution in [0.25, 0.3) is 0 Å². The van der Waals surface area contributed by atoms with Crippen LogP contribution in [0.4, 0.5) is 0 Å². The van der Waals surface area contributed by atoms with E-state index in [1.54, 1.807) is 11.3 Å². The van der Waals surface area contributed by atoms with Crippen molar-refractivity contribution in [3.05, 3.63) is 21.9 Å². The van der Waals surface area contributed by atoms with Crippen molar-refractivity contribution in [2.45, 2.75) is 84.6 Å². The Kier molecular flexibility index (Phi) is 11.6. The summed E-state index contributed by atoms with van der Waals surface area (Å²) in [6.45, 7) is 6.18. The Bertz CT molecular complexity index is 637. The van der Waals surface area contributed by atoms with Gasteiger partial charge in [-0.25, -0.2) is 0 Å². The molecule has 0 aliphatic carbocycles. The van der Waals surface area contributed by atoms with Gasteiger partial charge in [-0.3, -0.25) is 14.4 Å². The first-order chi connectivity index (χ1) is 13.8. The van der Waals surface area contributed by atoms with Crippen LogP contribution < -0.4 is 5.32 Å². The molecule has 1 aromatic rings. The van der Waals surface area contributed by atoms with Crippen molar-refractivity contribution >= 4 is 29.2 Å². The molecule has 1 amide bonds. The van der Waals surface area contributed by atoms with Crippen molar-refractivity contribution < 1.29 is 23.9 Å². The number of hydrogen-bond acceptors (Lipinski definition) is 6. The number of aryl methyl sites for hydroxylation is 2. The Labute approximate surface area is 178 Å². The topological polar surface area (TPSA) is 81.7 Å². The minimum atomic E-state index is -0.937. The number of hydrogen-bond donors (Lipinski definition) is 1. The summed E-state index contributed by atoms with van der Waals surface area (Å²) in [6.07, 6.45) is 8.58. The first-order valence-corrected chi connectivity index (χ1v) is 11.3. The zero-order valence-corrected chi connectivity index (χ0v) is 19.0. The molecule has 0 atom stereocenters. The maximum absolute atomic E-state index is 11.8. The number of ether oxygens (including phenoxy) is 2. The van der Waals surface area contributed by atoms with Crippen LogP contribution in [0.3, 0.4) is 0 Å². The highest BCUT2D eigenvalue weighted by molar-refractivity contribution is 7.10. The maximum atomic E-state index is 11.8. The zero-order valence-electron chi connectivity index (χ0n) is 18.2. The molecule has 164 valence electrons. The van der Waals surface area contributed by atoms with Gasteiger partial charge in [-0.2, -0.15) is 0 Å². The monoisotopic (exact) mass is 425 g/mol. The lowest BCUT2D eigenvalue weighted by molar-refractivity contribution is -0.150. The first-order valence-electron chi connectivity index (χ1n) is 10.4. The molecule has 0 spiro atoms. The Morgan fingerprint density at radius 3 is 2.14 bits per heavy atom. The summed E-state index contributed by atoms with van der Waals surface area (Å²) in [4.78, 5) is 35.6. The molecule has 0 aliphatic heterocycles. The molecule has 29 heavy (non-hydrogen) atoms. The summed E-state index contributed by atoms with van der Waals surface area (Å²) in [5, 5.41) is 5.03. The fourth-order valence-electron chi connectivity index (χ4n) is 3.16. The van der Waals surface area contributed by atoms with Crippen LogP contribution in [0.15, 0.2) is 11.4 Å². The van der Waals surface area contributed by atoms with E-state index in [0.29, 0.717) is 12.8 Å². The van der Waals surface area contributed by atoms with Crippen molar-refractivity contribution in [1.29, 1.82) is 0 Å². The van der Waals surface area contributed by atoms with E-state index in [-0.39, 0.29) is 19.1 Å². The summed E-state index contributed by atoms with van der Waals surface area (Å²) >= 11 is 1.70. The zero-order chi connectivity index (χ0) is 21.7. The second-order valence-electron chi connectivity index (χ2n) is 7.61. The molecule has 0 bridgehead atoms. The summed E-state index contributed by atoms with van der Waals surface area (Å²) in [5.74, 6) is -1.14. The van der Waals surface area contributed by atoms with Crippen LogP contribution >= 0.6 is 11.3 Å². The summed E-state index contributed by atoms with van der Waals surface area (Å²) in [5.41, 5.74) is 0.402. The normalized spacial score (nSPS) is 11.2. The number of carbonyl (C=O) groups excluding carboxylic acids is 3. The molecular weight excluding hydrogens is 390 g/mol. The van der Waals surface area contributed by atoms with Crippen molar-refractivity contribution in [2.75, 3.05) is 13.2 Å². The van der Waals surface area contributed by atoms with E-state index in [4.69, 9.17) is 9.47 Å². The van der Waals surface area contributed by atoms with Gasteiger partial charge in [0.1, 0.15) is 18.8 Å². The molecule has 0 aliphatic rings. The Morgan fingerprint density at radius 2 is 1.59 bits per heavy atom. The van der Waals surface area contributed by atoms with Gasteiger partial charge >= 0.3 is 11.9 Å². The average molecular weight is 426 g/mol. The second kappa shape index (κ2) is 13.4. The maximum Gasteiger partial charge on any atom is 0.302 e. The molecule has 1 N–H and O–H groups in total. The summed E-state index contributed by atoms with van der Waals surface area (Å²) in [6, 6.07) is 2.21. The number of carbonyl (C=O) groups is 3. The summed E-state index contributed by atoms with van der Waals surface area (Å²) < 4.78 is 10.4. The molecule has 0 radical (unpaired) electrons. The molecule has 7 heteroatoms. The van der Waals surface area contributed by atoms with E-state index >= 15 is 0 Å². The molecule has 0 unspecified atom stereocenters. The lowest BCUT2D eigenvalue weighted by Gasteiger charge is -2.33. The lowest BCUT2D eigenvalue weighted by Crippen LogP contribution is -2.55. The smallest absolute Gasteiger partial charge is 0.302 e. The van der Waals surface area contributed by atoms with E-state index in [9.17, 15) is 14.4 Å². The van der Waals surface area contributed by atoms with E-state index in [0.717, 1.165) is 6.42 Å². The van der Waals surface area contributed by atoms with Crippen molar-refractivity contribution in [2.24, 2.45) is 0 Å². The highest BCUT2D eigenvalue weighted by Gasteiger charge is 2.34. The molecule has 1 aromatic heterocycles. The van der Waals surface area contributed by atoms with Gasteiger partial charge in [0.15, 0.2) is 0 Å². The molecule has 0 aromatic carbocycles. The lowest BCUT2D eigenvalue weighted by atomic mass is 9.94. The van der Waals surface area contributed by atoms with Crippen molar-refractivity contribution in [1.82, 2.24) is 5.32 Å².